The van der Waals surface area contributed by atoms with Gasteiger partial charge in [0.15, 0.2) is 5.76 Å². The summed E-state index contributed by atoms with van der Waals surface area (Å²) in [4.78, 5) is 12.9. The summed E-state index contributed by atoms with van der Waals surface area (Å²) >= 11 is 0. The summed E-state index contributed by atoms with van der Waals surface area (Å²) in [7, 11) is 1.64. The lowest BCUT2D eigenvalue weighted by Crippen LogP contribution is -1.98. The van der Waals surface area contributed by atoms with Gasteiger partial charge in [0.2, 0.25) is 5.78 Å². The highest BCUT2D eigenvalue weighted by molar-refractivity contribution is 6.15. The van der Waals surface area contributed by atoms with Gasteiger partial charge in [-0.25, -0.2) is 0 Å². The molecule has 0 N–H and O–H groups in total. The summed E-state index contributed by atoms with van der Waals surface area (Å²) < 4.78 is 19.2. The van der Waals surface area contributed by atoms with Crippen LogP contribution in [0.3, 0.4) is 0 Å². The zero-order valence-electron chi connectivity index (χ0n) is 18.0. The van der Waals surface area contributed by atoms with Gasteiger partial charge in [-0.2, -0.15) is 0 Å². The molecule has 4 aromatic rings. The first-order chi connectivity index (χ1) is 15.7. The van der Waals surface area contributed by atoms with Gasteiger partial charge in [0.25, 0.3) is 0 Å². The quantitative estimate of drug-likeness (QED) is 0.363. The predicted molar refractivity (Wildman–Crippen MR) is 124 cm³/mol. The Morgan fingerprint density at radius 1 is 1.00 bits per heavy atom. The minimum Gasteiger partial charge on any atom is -0.497 e. The molecule has 1 aliphatic rings. The molecule has 32 heavy (non-hydrogen) atoms. The minimum absolute atomic E-state index is 0.116. The van der Waals surface area contributed by atoms with Crippen LogP contribution in [0.25, 0.3) is 17.0 Å². The fourth-order valence-electron chi connectivity index (χ4n) is 3.94. The van der Waals surface area contributed by atoms with Crippen molar-refractivity contribution in [3.8, 4) is 17.2 Å². The first-order valence-electron chi connectivity index (χ1n) is 10.6. The molecule has 1 aliphatic heterocycles. The van der Waals surface area contributed by atoms with Gasteiger partial charge in [-0.15, -0.1) is 0 Å². The van der Waals surface area contributed by atoms with Gasteiger partial charge in [-0.1, -0.05) is 30.3 Å². The number of aryl methyl sites for hydroxylation is 1. The highest BCUT2D eigenvalue weighted by atomic mass is 16.5. The van der Waals surface area contributed by atoms with E-state index < -0.39 is 0 Å². The Labute approximate surface area is 186 Å². The van der Waals surface area contributed by atoms with Gasteiger partial charge in [0, 0.05) is 35.3 Å². The van der Waals surface area contributed by atoms with Crippen LogP contribution in [-0.4, -0.2) is 17.5 Å². The van der Waals surface area contributed by atoms with Crippen LogP contribution in [-0.2, 0) is 13.2 Å². The number of hydrogen-bond donors (Lipinski definition) is 0. The van der Waals surface area contributed by atoms with E-state index in [4.69, 9.17) is 14.2 Å². The van der Waals surface area contributed by atoms with Crippen molar-refractivity contribution in [1.29, 1.82) is 0 Å². The van der Waals surface area contributed by atoms with Crippen molar-refractivity contribution in [3.63, 3.8) is 0 Å². The van der Waals surface area contributed by atoms with Crippen LogP contribution >= 0.6 is 0 Å². The third kappa shape index (κ3) is 3.62. The Morgan fingerprint density at radius 2 is 1.78 bits per heavy atom. The third-order valence-corrected chi connectivity index (χ3v) is 5.65. The van der Waals surface area contributed by atoms with Gasteiger partial charge in [-0.3, -0.25) is 4.79 Å². The highest BCUT2D eigenvalue weighted by Gasteiger charge is 2.28. The zero-order valence-corrected chi connectivity index (χ0v) is 18.0. The molecule has 5 rings (SSSR count). The Bertz CT molecular complexity index is 1330. The Morgan fingerprint density at radius 3 is 2.56 bits per heavy atom. The van der Waals surface area contributed by atoms with Crippen molar-refractivity contribution in [1.82, 2.24) is 4.57 Å². The SMILES string of the molecule is CCn1cc(/C=C2\Oc3cc(OCc4ccc(OC)cc4)ccc3C2=O)c2ccccc21. The van der Waals surface area contributed by atoms with Crippen LogP contribution in [0.5, 0.6) is 17.2 Å². The summed E-state index contributed by atoms with van der Waals surface area (Å²) in [5.41, 5.74) is 3.68. The van der Waals surface area contributed by atoms with Gasteiger partial charge in [-0.05, 0) is 48.9 Å². The summed E-state index contributed by atoms with van der Waals surface area (Å²) in [6.45, 7) is 3.37. The third-order valence-electron chi connectivity index (χ3n) is 5.65. The summed E-state index contributed by atoms with van der Waals surface area (Å²) in [6, 6.07) is 21.2. The molecule has 0 bridgehead atoms. The lowest BCUT2D eigenvalue weighted by molar-refractivity contribution is 0.101. The smallest absolute Gasteiger partial charge is 0.231 e. The Balaban J connectivity index is 1.37. The van der Waals surface area contributed by atoms with Crippen molar-refractivity contribution in [3.05, 3.63) is 95.4 Å². The number of Topliss-reactive ketones (excluding diaryl/α,β-unsaturated/α-hetero) is 1. The number of rotatable bonds is 6. The standard InChI is InChI=1S/C27H23NO4/c1-3-28-16-19(22-6-4-5-7-24(22)28)14-26-27(29)23-13-12-21(15-25(23)32-26)31-17-18-8-10-20(30-2)11-9-18/h4-16H,3,17H2,1-2H3/b26-14-. The molecule has 5 nitrogen and oxygen atoms in total. The second kappa shape index (κ2) is 8.27. The molecule has 0 spiro atoms. The number of para-hydroxylation sites is 1. The number of aromatic nitrogens is 1. The molecule has 0 fully saturated rings. The van der Waals surface area contributed by atoms with Crippen LogP contribution in [0.4, 0.5) is 0 Å². The first kappa shape index (κ1) is 19.9. The van der Waals surface area contributed by atoms with Crippen LogP contribution in [0.2, 0.25) is 0 Å². The first-order valence-corrected chi connectivity index (χ1v) is 10.6. The zero-order chi connectivity index (χ0) is 22.1. The van der Waals surface area contributed by atoms with E-state index in [-0.39, 0.29) is 5.78 Å². The Hall–Kier alpha value is -3.99. The van der Waals surface area contributed by atoms with Gasteiger partial charge in [0.05, 0.1) is 12.7 Å². The van der Waals surface area contributed by atoms with Crippen LogP contribution < -0.4 is 14.2 Å². The van der Waals surface area contributed by atoms with Gasteiger partial charge >= 0.3 is 0 Å². The average Bonchev–Trinajstić information content (AvgIpc) is 3.35. The topological polar surface area (TPSA) is 49.7 Å². The molecule has 0 atom stereocenters. The summed E-state index contributed by atoms with van der Waals surface area (Å²) in [6.07, 6.45) is 3.88. The number of fused-ring (bicyclic) bond motifs is 2. The molecule has 0 saturated carbocycles. The molecule has 0 radical (unpaired) electrons. The summed E-state index contributed by atoms with van der Waals surface area (Å²) in [5, 5.41) is 1.10. The molecule has 3 aromatic carbocycles. The maximum Gasteiger partial charge on any atom is 0.231 e. The number of carbonyl (C=O) groups is 1. The maximum atomic E-state index is 12.9. The number of ether oxygens (including phenoxy) is 3. The fourth-order valence-corrected chi connectivity index (χ4v) is 3.94. The Kier molecular flexibility index (Phi) is 5.15. The number of allylic oxidation sites excluding steroid dienone is 1. The monoisotopic (exact) mass is 425 g/mol. The number of carbonyl (C=O) groups excluding carboxylic acids is 1. The number of nitrogens with zero attached hydrogens (tertiary/aromatic N) is 1. The van der Waals surface area contributed by atoms with Crippen LogP contribution in [0.1, 0.15) is 28.4 Å². The molecule has 0 unspecified atom stereocenters. The van der Waals surface area contributed by atoms with E-state index in [1.54, 1.807) is 25.3 Å². The van der Waals surface area contributed by atoms with Crippen molar-refractivity contribution in [2.24, 2.45) is 0 Å². The van der Waals surface area contributed by atoms with Gasteiger partial charge in [0.1, 0.15) is 23.9 Å². The van der Waals surface area contributed by atoms with Crippen molar-refractivity contribution in [2.45, 2.75) is 20.1 Å². The molecular weight excluding hydrogens is 402 g/mol. The second-order valence-corrected chi connectivity index (χ2v) is 7.62. The van der Waals surface area contributed by atoms with Crippen molar-refractivity contribution >= 4 is 22.8 Å². The second-order valence-electron chi connectivity index (χ2n) is 7.62. The van der Waals surface area contributed by atoms with E-state index in [0.29, 0.717) is 29.4 Å². The lowest BCUT2D eigenvalue weighted by Gasteiger charge is -2.08. The molecule has 0 amide bonds. The molecule has 0 aliphatic carbocycles. The largest absolute Gasteiger partial charge is 0.497 e. The minimum atomic E-state index is -0.116. The number of methoxy groups -OCH3 is 1. The number of hydrogen-bond acceptors (Lipinski definition) is 4. The van der Waals surface area contributed by atoms with E-state index in [9.17, 15) is 4.79 Å². The number of ketones is 1. The molecule has 160 valence electrons. The van der Waals surface area contributed by atoms with Crippen LogP contribution in [0, 0.1) is 0 Å². The lowest BCUT2D eigenvalue weighted by atomic mass is 10.1. The van der Waals surface area contributed by atoms with Crippen molar-refractivity contribution < 1.29 is 19.0 Å². The van der Waals surface area contributed by atoms with Crippen LogP contribution in [0.15, 0.2) is 78.7 Å². The van der Waals surface area contributed by atoms with E-state index in [0.717, 1.165) is 34.3 Å². The molecule has 1 aromatic heterocycles. The number of benzene rings is 3. The van der Waals surface area contributed by atoms with E-state index >= 15 is 0 Å². The molecule has 0 saturated heterocycles. The normalized spacial score (nSPS) is 13.9. The van der Waals surface area contributed by atoms with Gasteiger partial charge < -0.3 is 18.8 Å². The molecule has 2 heterocycles. The molecule has 5 heteroatoms. The highest BCUT2D eigenvalue weighted by Crippen LogP contribution is 2.36. The van der Waals surface area contributed by atoms with E-state index in [1.807, 2.05) is 42.5 Å². The van der Waals surface area contributed by atoms with E-state index in [1.165, 1.54) is 0 Å². The summed E-state index contributed by atoms with van der Waals surface area (Å²) in [5.74, 6) is 2.19. The maximum absolute atomic E-state index is 12.9. The van der Waals surface area contributed by atoms with Crippen molar-refractivity contribution in [2.75, 3.05) is 7.11 Å². The molecular formula is C27H23NO4. The fraction of sp³-hybridized carbons (Fsp3) is 0.148. The average molecular weight is 425 g/mol. The van der Waals surface area contributed by atoms with E-state index in [2.05, 4.69) is 29.8 Å². The predicted octanol–water partition coefficient (Wildman–Crippen LogP) is 5.87.